The van der Waals surface area contributed by atoms with Crippen LogP contribution in [0.1, 0.15) is 32.3 Å². The molecule has 5 nitrogen and oxygen atoms in total. The van der Waals surface area contributed by atoms with E-state index < -0.39 is 0 Å². The van der Waals surface area contributed by atoms with Crippen molar-refractivity contribution in [2.75, 3.05) is 33.8 Å². The van der Waals surface area contributed by atoms with Crippen molar-refractivity contribution < 1.29 is 13.9 Å². The molecule has 1 aromatic rings. The predicted molar refractivity (Wildman–Crippen MR) is 113 cm³/mol. The van der Waals surface area contributed by atoms with Gasteiger partial charge in [0.15, 0.2) is 5.96 Å². The Morgan fingerprint density at radius 2 is 1.96 bits per heavy atom. The minimum Gasteiger partial charge on any atom is -0.469 e. The normalized spacial score (nSPS) is 16.0. The van der Waals surface area contributed by atoms with E-state index >= 15 is 0 Å². The highest BCUT2D eigenvalue weighted by Gasteiger charge is 2.29. The van der Waals surface area contributed by atoms with Gasteiger partial charge in [-0.1, -0.05) is 32.0 Å². The molecule has 0 unspecified atom stereocenters. The number of guanidine groups is 1. The van der Waals surface area contributed by atoms with E-state index in [1.54, 1.807) is 13.1 Å². The number of piperidine rings is 1. The predicted octanol–water partition coefficient (Wildman–Crippen LogP) is 3.18. The van der Waals surface area contributed by atoms with Crippen LogP contribution >= 0.6 is 24.0 Å². The fourth-order valence-corrected chi connectivity index (χ4v) is 3.23. The first-order chi connectivity index (χ1) is 11.9. The summed E-state index contributed by atoms with van der Waals surface area (Å²) < 4.78 is 18.9. The topological polar surface area (TPSA) is 53.9 Å². The Morgan fingerprint density at radius 3 is 2.50 bits per heavy atom. The van der Waals surface area contributed by atoms with E-state index in [1.165, 1.54) is 13.2 Å². The van der Waals surface area contributed by atoms with Crippen LogP contribution in [0.5, 0.6) is 0 Å². The fraction of sp³-hybridized carbons (Fsp3) is 0.579. The second kappa shape index (κ2) is 10.1. The Bertz CT molecular complexity index is 629. The summed E-state index contributed by atoms with van der Waals surface area (Å²) >= 11 is 0. The molecule has 146 valence electrons. The third kappa shape index (κ3) is 5.56. The van der Waals surface area contributed by atoms with Crippen LogP contribution in [0.25, 0.3) is 0 Å². The number of hydrogen-bond donors (Lipinski definition) is 1. The van der Waals surface area contributed by atoms with Crippen molar-refractivity contribution in [1.82, 2.24) is 10.2 Å². The van der Waals surface area contributed by atoms with Crippen LogP contribution < -0.4 is 5.32 Å². The quantitative estimate of drug-likeness (QED) is 0.313. The molecule has 7 heteroatoms. The van der Waals surface area contributed by atoms with Gasteiger partial charge in [0.25, 0.3) is 0 Å². The average Bonchev–Trinajstić information content (AvgIpc) is 2.62. The monoisotopic (exact) mass is 477 g/mol. The number of carbonyl (C=O) groups excluding carboxylic acids is 1. The summed E-state index contributed by atoms with van der Waals surface area (Å²) in [5.74, 6) is 0.424. The summed E-state index contributed by atoms with van der Waals surface area (Å²) in [6.07, 6.45) is 1.51. The molecule has 1 fully saturated rings. The summed E-state index contributed by atoms with van der Waals surface area (Å²) in [7, 11) is 3.17. The van der Waals surface area contributed by atoms with Crippen LogP contribution in [0.3, 0.4) is 0 Å². The standard InChI is InChI=1S/C19H28FN3O2.HI/c1-19(2,15-7-5-6-8-16(15)20)13-22-18(21-3)23-11-9-14(10-12-23)17(24)25-4;/h5-8,14H,9-13H2,1-4H3,(H,21,22);1H. The number of halogens is 2. The molecule has 26 heavy (non-hydrogen) atoms. The molecule has 1 aliphatic heterocycles. The van der Waals surface area contributed by atoms with Crippen molar-refractivity contribution in [3.8, 4) is 0 Å². The summed E-state index contributed by atoms with van der Waals surface area (Å²) in [5.41, 5.74) is 0.313. The summed E-state index contributed by atoms with van der Waals surface area (Å²) in [6.45, 7) is 6.08. The molecule has 0 atom stereocenters. The van der Waals surface area contributed by atoms with E-state index in [2.05, 4.69) is 15.2 Å². The molecule has 0 radical (unpaired) electrons. The van der Waals surface area contributed by atoms with Crippen molar-refractivity contribution in [3.05, 3.63) is 35.6 Å². The van der Waals surface area contributed by atoms with Crippen molar-refractivity contribution >= 4 is 35.9 Å². The first-order valence-corrected chi connectivity index (χ1v) is 8.67. The number of benzene rings is 1. The van der Waals surface area contributed by atoms with Crippen molar-refractivity contribution in [2.24, 2.45) is 10.9 Å². The lowest BCUT2D eigenvalue weighted by Gasteiger charge is -2.35. The van der Waals surface area contributed by atoms with Gasteiger partial charge in [-0.3, -0.25) is 9.79 Å². The van der Waals surface area contributed by atoms with Gasteiger partial charge in [0.05, 0.1) is 13.0 Å². The molecule has 1 saturated heterocycles. The molecule has 1 N–H and O–H groups in total. The maximum atomic E-state index is 14.1. The van der Waals surface area contributed by atoms with Crippen LogP contribution in [-0.2, 0) is 14.9 Å². The number of hydrogen-bond acceptors (Lipinski definition) is 3. The van der Waals surface area contributed by atoms with Gasteiger partial charge >= 0.3 is 5.97 Å². The lowest BCUT2D eigenvalue weighted by Crippen LogP contribution is -2.49. The third-order valence-corrected chi connectivity index (χ3v) is 4.83. The Hall–Kier alpha value is -1.38. The zero-order valence-corrected chi connectivity index (χ0v) is 18.2. The molecule has 1 aliphatic rings. The van der Waals surface area contributed by atoms with Crippen molar-refractivity contribution in [1.29, 1.82) is 0 Å². The minimum atomic E-state index is -0.369. The Kier molecular flexibility index (Phi) is 8.79. The first kappa shape index (κ1) is 22.7. The molecule has 0 aliphatic carbocycles. The van der Waals surface area contributed by atoms with Crippen molar-refractivity contribution in [3.63, 3.8) is 0 Å². The van der Waals surface area contributed by atoms with E-state index in [0.29, 0.717) is 12.1 Å². The van der Waals surface area contributed by atoms with Crippen LogP contribution in [0.2, 0.25) is 0 Å². The van der Waals surface area contributed by atoms with E-state index in [0.717, 1.165) is 31.9 Å². The maximum Gasteiger partial charge on any atom is 0.308 e. The number of ether oxygens (including phenoxy) is 1. The van der Waals surface area contributed by atoms with E-state index in [9.17, 15) is 9.18 Å². The molecule has 2 rings (SSSR count). The van der Waals surface area contributed by atoms with Crippen LogP contribution in [0.4, 0.5) is 4.39 Å². The lowest BCUT2D eigenvalue weighted by molar-refractivity contribution is -0.146. The number of rotatable bonds is 4. The lowest BCUT2D eigenvalue weighted by atomic mass is 9.84. The highest BCUT2D eigenvalue weighted by molar-refractivity contribution is 14.0. The van der Waals surface area contributed by atoms with Gasteiger partial charge in [0, 0.05) is 32.1 Å². The zero-order valence-electron chi connectivity index (χ0n) is 15.9. The molecule has 0 spiro atoms. The number of carbonyl (C=O) groups is 1. The Balaban J connectivity index is 0.00000338. The molecule has 0 bridgehead atoms. The number of aliphatic imine (C=N–C) groups is 1. The SMILES string of the molecule is CN=C(NCC(C)(C)c1ccccc1F)N1CCC(C(=O)OC)CC1.I. The Morgan fingerprint density at radius 1 is 1.35 bits per heavy atom. The van der Waals surface area contributed by atoms with E-state index in [1.807, 2.05) is 26.0 Å². The summed E-state index contributed by atoms with van der Waals surface area (Å²) in [5, 5.41) is 3.36. The van der Waals surface area contributed by atoms with Crippen LogP contribution in [-0.4, -0.2) is 50.6 Å². The summed E-state index contributed by atoms with van der Waals surface area (Å²) in [4.78, 5) is 18.1. The second-order valence-electron chi connectivity index (χ2n) is 7.05. The Labute approximate surface area is 172 Å². The molecule has 1 aromatic carbocycles. The number of nitrogens with zero attached hydrogens (tertiary/aromatic N) is 2. The number of methoxy groups -OCH3 is 1. The van der Waals surface area contributed by atoms with Gasteiger partial charge in [0.1, 0.15) is 5.82 Å². The second-order valence-corrected chi connectivity index (χ2v) is 7.05. The van der Waals surface area contributed by atoms with Crippen LogP contribution in [0.15, 0.2) is 29.3 Å². The fourth-order valence-electron chi connectivity index (χ4n) is 3.23. The molecule has 0 saturated carbocycles. The third-order valence-electron chi connectivity index (χ3n) is 4.83. The van der Waals surface area contributed by atoms with E-state index in [-0.39, 0.29) is 47.1 Å². The minimum absolute atomic E-state index is 0. The first-order valence-electron chi connectivity index (χ1n) is 8.67. The van der Waals surface area contributed by atoms with Gasteiger partial charge in [-0.15, -0.1) is 24.0 Å². The highest BCUT2D eigenvalue weighted by atomic mass is 127. The molecule has 0 aromatic heterocycles. The average molecular weight is 477 g/mol. The maximum absolute atomic E-state index is 14.1. The number of likely N-dealkylation sites (tertiary alicyclic amines) is 1. The van der Waals surface area contributed by atoms with Crippen LogP contribution in [0, 0.1) is 11.7 Å². The van der Waals surface area contributed by atoms with Gasteiger partial charge in [-0.05, 0) is 24.5 Å². The highest BCUT2D eigenvalue weighted by Crippen LogP contribution is 2.25. The molecule has 0 amide bonds. The number of nitrogens with one attached hydrogen (secondary N) is 1. The van der Waals surface area contributed by atoms with Gasteiger partial charge in [-0.2, -0.15) is 0 Å². The largest absolute Gasteiger partial charge is 0.469 e. The molecular formula is C19H29FIN3O2. The molecule has 1 heterocycles. The zero-order chi connectivity index (χ0) is 18.4. The van der Waals surface area contributed by atoms with Gasteiger partial charge < -0.3 is 15.0 Å². The number of esters is 1. The molecular weight excluding hydrogens is 448 g/mol. The van der Waals surface area contributed by atoms with Gasteiger partial charge in [0.2, 0.25) is 0 Å². The van der Waals surface area contributed by atoms with Gasteiger partial charge in [-0.25, -0.2) is 4.39 Å². The van der Waals surface area contributed by atoms with Crippen molar-refractivity contribution in [2.45, 2.75) is 32.1 Å². The van der Waals surface area contributed by atoms with E-state index in [4.69, 9.17) is 4.74 Å². The smallest absolute Gasteiger partial charge is 0.308 e. The summed E-state index contributed by atoms with van der Waals surface area (Å²) in [6, 6.07) is 6.87.